The standard InChI is InChI=1S/C17H19NO/c1-11-9-14(19-2)5-7-15(11)12-3-6-16-13(10-12)4-8-17(16)18/h3,5-7,9-10,17H,4,8,18H2,1-2H3. The maximum absolute atomic E-state index is 6.09. The van der Waals surface area contributed by atoms with E-state index in [0.29, 0.717) is 0 Å². The summed E-state index contributed by atoms with van der Waals surface area (Å²) >= 11 is 0. The van der Waals surface area contributed by atoms with Gasteiger partial charge in [0, 0.05) is 6.04 Å². The van der Waals surface area contributed by atoms with Crippen molar-refractivity contribution >= 4 is 0 Å². The van der Waals surface area contributed by atoms with E-state index < -0.39 is 0 Å². The number of fused-ring (bicyclic) bond motifs is 1. The lowest BCUT2D eigenvalue weighted by Gasteiger charge is -2.11. The Bertz CT molecular complexity index is 619. The van der Waals surface area contributed by atoms with Crippen molar-refractivity contribution in [3.63, 3.8) is 0 Å². The molecule has 2 aromatic rings. The van der Waals surface area contributed by atoms with E-state index in [-0.39, 0.29) is 6.04 Å². The second-order valence-electron chi connectivity index (χ2n) is 5.24. The summed E-state index contributed by atoms with van der Waals surface area (Å²) in [7, 11) is 1.70. The molecule has 0 saturated heterocycles. The predicted molar refractivity (Wildman–Crippen MR) is 78.4 cm³/mol. The smallest absolute Gasteiger partial charge is 0.119 e. The molecule has 2 aromatic carbocycles. The van der Waals surface area contributed by atoms with E-state index in [1.54, 1.807) is 7.11 Å². The average molecular weight is 253 g/mol. The van der Waals surface area contributed by atoms with Crippen molar-refractivity contribution in [2.45, 2.75) is 25.8 Å². The lowest BCUT2D eigenvalue weighted by atomic mass is 9.96. The summed E-state index contributed by atoms with van der Waals surface area (Å²) in [6.45, 7) is 2.12. The summed E-state index contributed by atoms with van der Waals surface area (Å²) < 4.78 is 5.26. The lowest BCUT2D eigenvalue weighted by molar-refractivity contribution is 0.414. The second kappa shape index (κ2) is 4.71. The van der Waals surface area contributed by atoms with Crippen LogP contribution in [0.25, 0.3) is 11.1 Å². The third-order valence-corrected chi connectivity index (χ3v) is 4.01. The summed E-state index contributed by atoms with van der Waals surface area (Å²) in [5, 5.41) is 0. The number of aryl methyl sites for hydroxylation is 2. The SMILES string of the molecule is COc1ccc(-c2ccc3c(c2)CCC3N)c(C)c1. The van der Waals surface area contributed by atoms with Gasteiger partial charge in [-0.3, -0.25) is 0 Å². The minimum Gasteiger partial charge on any atom is -0.497 e. The zero-order valence-corrected chi connectivity index (χ0v) is 11.4. The molecule has 19 heavy (non-hydrogen) atoms. The van der Waals surface area contributed by atoms with Crippen LogP contribution in [-0.4, -0.2) is 7.11 Å². The molecule has 0 amide bonds. The largest absolute Gasteiger partial charge is 0.497 e. The van der Waals surface area contributed by atoms with Gasteiger partial charge in [0.05, 0.1) is 7.11 Å². The van der Waals surface area contributed by atoms with E-state index >= 15 is 0 Å². The van der Waals surface area contributed by atoms with Crippen LogP contribution in [0.2, 0.25) is 0 Å². The van der Waals surface area contributed by atoms with E-state index in [9.17, 15) is 0 Å². The van der Waals surface area contributed by atoms with Crippen molar-refractivity contribution in [1.82, 2.24) is 0 Å². The number of ether oxygens (including phenoxy) is 1. The Morgan fingerprint density at radius 2 is 2.00 bits per heavy atom. The Labute approximate surface area is 114 Å². The van der Waals surface area contributed by atoms with Gasteiger partial charge in [-0.1, -0.05) is 24.3 Å². The number of hydrogen-bond donors (Lipinski definition) is 1. The Balaban J connectivity index is 2.03. The molecule has 98 valence electrons. The highest BCUT2D eigenvalue weighted by Crippen LogP contribution is 2.34. The molecule has 2 heteroatoms. The van der Waals surface area contributed by atoms with Crippen molar-refractivity contribution in [2.75, 3.05) is 7.11 Å². The molecule has 0 aliphatic heterocycles. The van der Waals surface area contributed by atoms with Gasteiger partial charge in [-0.15, -0.1) is 0 Å². The minimum absolute atomic E-state index is 0.223. The van der Waals surface area contributed by atoms with Gasteiger partial charge >= 0.3 is 0 Å². The van der Waals surface area contributed by atoms with Gasteiger partial charge in [0.2, 0.25) is 0 Å². The Hall–Kier alpha value is -1.80. The van der Waals surface area contributed by atoms with Crippen LogP contribution in [0.15, 0.2) is 36.4 Å². The van der Waals surface area contributed by atoms with Crippen LogP contribution in [0.4, 0.5) is 0 Å². The van der Waals surface area contributed by atoms with Crippen LogP contribution in [0.1, 0.15) is 29.2 Å². The molecule has 0 saturated carbocycles. The molecule has 2 nitrogen and oxygen atoms in total. The highest BCUT2D eigenvalue weighted by atomic mass is 16.5. The van der Waals surface area contributed by atoms with Crippen molar-refractivity contribution in [2.24, 2.45) is 5.73 Å². The first-order valence-corrected chi connectivity index (χ1v) is 6.72. The first-order valence-electron chi connectivity index (χ1n) is 6.72. The maximum atomic E-state index is 6.09. The minimum atomic E-state index is 0.223. The second-order valence-corrected chi connectivity index (χ2v) is 5.24. The molecule has 0 heterocycles. The Morgan fingerprint density at radius 3 is 2.74 bits per heavy atom. The van der Waals surface area contributed by atoms with E-state index in [0.717, 1.165) is 18.6 Å². The summed E-state index contributed by atoms with van der Waals surface area (Å²) in [5.74, 6) is 0.907. The first-order chi connectivity index (χ1) is 9.19. The van der Waals surface area contributed by atoms with Crippen LogP contribution < -0.4 is 10.5 Å². The first kappa shape index (κ1) is 12.2. The topological polar surface area (TPSA) is 35.2 Å². The summed E-state index contributed by atoms with van der Waals surface area (Å²) in [6, 6.07) is 13.1. The zero-order chi connectivity index (χ0) is 13.4. The monoisotopic (exact) mass is 253 g/mol. The highest BCUT2D eigenvalue weighted by Gasteiger charge is 2.19. The number of methoxy groups -OCH3 is 1. The fourth-order valence-corrected chi connectivity index (χ4v) is 2.91. The molecular weight excluding hydrogens is 234 g/mol. The zero-order valence-electron chi connectivity index (χ0n) is 11.4. The van der Waals surface area contributed by atoms with Crippen molar-refractivity contribution in [1.29, 1.82) is 0 Å². The molecule has 1 unspecified atom stereocenters. The van der Waals surface area contributed by atoms with E-state index in [1.165, 1.54) is 27.8 Å². The van der Waals surface area contributed by atoms with Crippen LogP contribution >= 0.6 is 0 Å². The Morgan fingerprint density at radius 1 is 1.16 bits per heavy atom. The van der Waals surface area contributed by atoms with Crippen LogP contribution in [0.5, 0.6) is 5.75 Å². The van der Waals surface area contributed by atoms with E-state index in [1.807, 2.05) is 6.07 Å². The van der Waals surface area contributed by atoms with E-state index in [2.05, 4.69) is 37.3 Å². The summed E-state index contributed by atoms with van der Waals surface area (Å²) in [6.07, 6.45) is 2.17. The van der Waals surface area contributed by atoms with Crippen molar-refractivity contribution < 1.29 is 4.74 Å². The normalized spacial score (nSPS) is 17.3. The number of rotatable bonds is 2. The van der Waals surface area contributed by atoms with Gasteiger partial charge < -0.3 is 10.5 Å². The van der Waals surface area contributed by atoms with E-state index in [4.69, 9.17) is 10.5 Å². The Kier molecular flexibility index (Phi) is 3.03. The predicted octanol–water partition coefficient (Wildman–Crippen LogP) is 3.62. The van der Waals surface area contributed by atoms with Crippen LogP contribution in [0, 0.1) is 6.92 Å². The third-order valence-electron chi connectivity index (χ3n) is 4.01. The molecule has 1 aliphatic carbocycles. The van der Waals surface area contributed by atoms with Crippen LogP contribution in [0.3, 0.4) is 0 Å². The molecule has 0 radical (unpaired) electrons. The molecule has 0 bridgehead atoms. The molecule has 0 aromatic heterocycles. The molecular formula is C17H19NO. The summed E-state index contributed by atoms with van der Waals surface area (Å²) in [5.41, 5.74) is 12.6. The van der Waals surface area contributed by atoms with Crippen LogP contribution in [-0.2, 0) is 6.42 Å². The highest BCUT2D eigenvalue weighted by molar-refractivity contribution is 5.69. The van der Waals surface area contributed by atoms with Crippen molar-refractivity contribution in [3.05, 3.63) is 53.1 Å². The van der Waals surface area contributed by atoms with Gasteiger partial charge in [0.1, 0.15) is 5.75 Å². The van der Waals surface area contributed by atoms with Gasteiger partial charge in [-0.25, -0.2) is 0 Å². The molecule has 1 aliphatic rings. The fraction of sp³-hybridized carbons (Fsp3) is 0.294. The maximum Gasteiger partial charge on any atom is 0.119 e. The molecule has 1 atom stereocenters. The molecule has 3 rings (SSSR count). The molecule has 2 N–H and O–H groups in total. The lowest BCUT2D eigenvalue weighted by Crippen LogP contribution is -2.04. The quantitative estimate of drug-likeness (QED) is 0.887. The van der Waals surface area contributed by atoms with Gasteiger partial charge in [-0.05, 0) is 59.7 Å². The van der Waals surface area contributed by atoms with Gasteiger partial charge in [-0.2, -0.15) is 0 Å². The van der Waals surface area contributed by atoms with Crippen molar-refractivity contribution in [3.8, 4) is 16.9 Å². The van der Waals surface area contributed by atoms with Gasteiger partial charge in [0.15, 0.2) is 0 Å². The third kappa shape index (κ3) is 2.13. The average Bonchev–Trinajstić information content (AvgIpc) is 2.79. The number of benzene rings is 2. The summed E-state index contributed by atoms with van der Waals surface area (Å²) in [4.78, 5) is 0. The molecule has 0 fully saturated rings. The number of hydrogen-bond acceptors (Lipinski definition) is 2. The number of nitrogens with two attached hydrogens (primary N) is 1. The molecule has 0 spiro atoms. The fourth-order valence-electron chi connectivity index (χ4n) is 2.91. The van der Waals surface area contributed by atoms with Gasteiger partial charge in [0.25, 0.3) is 0 Å².